The Balaban J connectivity index is 0.000000587. The summed E-state index contributed by atoms with van der Waals surface area (Å²) in [6, 6.07) is 19.3. The molecule has 1 aliphatic heterocycles. The highest BCUT2D eigenvalue weighted by Crippen LogP contribution is 2.30. The summed E-state index contributed by atoms with van der Waals surface area (Å²) in [5.41, 5.74) is 2.36. The maximum atomic E-state index is 13.3. The zero-order valence-corrected chi connectivity index (χ0v) is 22.7. The lowest BCUT2D eigenvalue weighted by Crippen LogP contribution is -2.43. The first-order valence-corrected chi connectivity index (χ1v) is 13.7. The Labute approximate surface area is 234 Å². The monoisotopic (exact) mass is 596 g/mol. The molecule has 3 aromatic carbocycles. The molecule has 1 heterocycles. The molecule has 1 amide bonds. The maximum Gasteiger partial charge on any atom is 0.490 e. The molecule has 3 N–H and O–H groups in total. The molecule has 0 unspecified atom stereocenters. The predicted molar refractivity (Wildman–Crippen MR) is 145 cm³/mol. The van der Waals surface area contributed by atoms with E-state index in [1.165, 1.54) is 12.1 Å². The Hall–Kier alpha value is -4.17. The third-order valence-electron chi connectivity index (χ3n) is 5.92. The average molecular weight is 597 g/mol. The maximum absolute atomic E-state index is 13.3. The molecule has 220 valence electrons. The van der Waals surface area contributed by atoms with E-state index in [2.05, 4.69) is 14.9 Å². The van der Waals surface area contributed by atoms with Gasteiger partial charge >= 0.3 is 12.1 Å². The smallest absolute Gasteiger partial charge is 0.475 e. The van der Waals surface area contributed by atoms with Crippen LogP contribution in [0.2, 0.25) is 0 Å². The van der Waals surface area contributed by atoms with Crippen molar-refractivity contribution in [2.24, 2.45) is 0 Å². The van der Waals surface area contributed by atoms with E-state index in [0.29, 0.717) is 36.6 Å². The molecule has 0 radical (unpaired) electrons. The summed E-state index contributed by atoms with van der Waals surface area (Å²) in [5, 5.41) is 10.4. The number of alkyl halides is 3. The number of carbonyl (C=O) groups excluding carboxylic acids is 1. The first-order chi connectivity index (χ1) is 19.3. The summed E-state index contributed by atoms with van der Waals surface area (Å²) in [6.07, 6.45) is -5.08. The Morgan fingerprint density at radius 3 is 2.15 bits per heavy atom. The van der Waals surface area contributed by atoms with Crippen LogP contribution in [-0.4, -0.2) is 69.7 Å². The van der Waals surface area contributed by atoms with Gasteiger partial charge in [0.25, 0.3) is 15.9 Å². The van der Waals surface area contributed by atoms with Crippen molar-refractivity contribution in [3.8, 4) is 0 Å². The van der Waals surface area contributed by atoms with E-state index >= 15 is 0 Å². The fraction of sp³-hybridized carbons (Fsp3) is 0.259. The third kappa shape index (κ3) is 8.91. The van der Waals surface area contributed by atoms with Crippen molar-refractivity contribution < 1.29 is 40.7 Å². The highest BCUT2D eigenvalue weighted by atomic mass is 32.2. The lowest BCUT2D eigenvalue weighted by molar-refractivity contribution is -0.192. The Morgan fingerprint density at radius 1 is 1.00 bits per heavy atom. The molecule has 1 aliphatic rings. The van der Waals surface area contributed by atoms with Crippen LogP contribution >= 0.6 is 0 Å². The number of hydrogen-bond donors (Lipinski definition) is 3. The van der Waals surface area contributed by atoms with E-state index in [0.717, 1.165) is 30.8 Å². The first kappa shape index (κ1) is 31.4. The van der Waals surface area contributed by atoms with Gasteiger partial charge in [-0.15, -0.1) is 0 Å². The van der Waals surface area contributed by atoms with Crippen LogP contribution in [0.1, 0.15) is 15.9 Å². The van der Waals surface area contributed by atoms with E-state index in [4.69, 9.17) is 9.90 Å². The number of aliphatic carboxylic acids is 1. The molecule has 3 aromatic rings. The number of halogens is 4. The standard InChI is InChI=1S/C25H27FN4O3S.C2HF3O2/c1-29(18-19-5-3-2-4-6-19)25(31)20-7-12-24(30-15-13-27-14-16-30)23(17-20)28-34(32,33)22-10-8-21(26)9-11-22;3-2(4,5)1(6)7/h2-12,17,27-28H,13-16,18H2,1H3;(H,6,7). The molecule has 0 saturated carbocycles. The van der Waals surface area contributed by atoms with E-state index < -0.39 is 28.0 Å². The van der Waals surface area contributed by atoms with Gasteiger partial charge in [-0.2, -0.15) is 13.2 Å². The Kier molecular flexibility index (Phi) is 10.3. The van der Waals surface area contributed by atoms with Crippen LogP contribution in [0.15, 0.2) is 77.7 Å². The number of carbonyl (C=O) groups is 2. The van der Waals surface area contributed by atoms with E-state index in [-0.39, 0.29) is 10.8 Å². The van der Waals surface area contributed by atoms with Crippen LogP contribution in [0.5, 0.6) is 0 Å². The van der Waals surface area contributed by atoms with E-state index in [1.54, 1.807) is 30.1 Å². The zero-order valence-electron chi connectivity index (χ0n) is 21.9. The molecular weight excluding hydrogens is 568 g/mol. The number of nitrogens with zero attached hydrogens (tertiary/aromatic N) is 2. The second-order valence-corrected chi connectivity index (χ2v) is 10.7. The summed E-state index contributed by atoms with van der Waals surface area (Å²) >= 11 is 0. The van der Waals surface area contributed by atoms with Crippen molar-refractivity contribution in [2.75, 3.05) is 42.8 Å². The topological polar surface area (TPSA) is 119 Å². The molecule has 14 heteroatoms. The van der Waals surface area contributed by atoms with Crippen LogP contribution in [0.4, 0.5) is 28.9 Å². The lowest BCUT2D eigenvalue weighted by atomic mass is 10.1. The van der Waals surface area contributed by atoms with Gasteiger partial charge in [0.05, 0.1) is 16.3 Å². The van der Waals surface area contributed by atoms with Crippen LogP contribution in [0.25, 0.3) is 0 Å². The highest BCUT2D eigenvalue weighted by molar-refractivity contribution is 7.92. The number of benzene rings is 3. The SMILES string of the molecule is CN(Cc1ccccc1)C(=O)c1ccc(N2CCNCC2)c(NS(=O)(=O)c2ccc(F)cc2)c1.O=C(O)C(F)(F)F. The second kappa shape index (κ2) is 13.5. The molecule has 9 nitrogen and oxygen atoms in total. The number of sulfonamides is 1. The first-order valence-electron chi connectivity index (χ1n) is 12.3. The van der Waals surface area contributed by atoms with Gasteiger partial charge in [0.2, 0.25) is 0 Å². The van der Waals surface area contributed by atoms with Crippen molar-refractivity contribution in [3.63, 3.8) is 0 Å². The normalized spacial score (nSPS) is 13.5. The summed E-state index contributed by atoms with van der Waals surface area (Å²) in [5.74, 6) is -3.50. The molecule has 0 spiro atoms. The van der Waals surface area contributed by atoms with Crippen LogP contribution in [0, 0.1) is 5.82 Å². The van der Waals surface area contributed by atoms with Gasteiger partial charge in [-0.25, -0.2) is 17.6 Å². The van der Waals surface area contributed by atoms with Gasteiger partial charge in [-0.05, 0) is 48.0 Å². The minimum absolute atomic E-state index is 0.0573. The van der Waals surface area contributed by atoms with Gasteiger partial charge in [0.15, 0.2) is 0 Å². The molecular formula is C27H28F4N4O5S. The molecule has 0 aliphatic carbocycles. The molecule has 0 aromatic heterocycles. The van der Waals surface area contributed by atoms with Crippen molar-refractivity contribution in [1.82, 2.24) is 10.2 Å². The van der Waals surface area contributed by atoms with Crippen molar-refractivity contribution in [3.05, 3.63) is 89.7 Å². The highest BCUT2D eigenvalue weighted by Gasteiger charge is 2.38. The van der Waals surface area contributed by atoms with Gasteiger partial charge in [-0.1, -0.05) is 30.3 Å². The fourth-order valence-electron chi connectivity index (χ4n) is 3.90. The van der Waals surface area contributed by atoms with E-state index in [1.807, 2.05) is 30.3 Å². The summed E-state index contributed by atoms with van der Waals surface area (Å²) in [4.78, 5) is 25.6. The van der Waals surface area contributed by atoms with Crippen molar-refractivity contribution >= 4 is 33.3 Å². The summed E-state index contributed by atoms with van der Waals surface area (Å²) in [6.45, 7) is 3.37. The predicted octanol–water partition coefficient (Wildman–Crippen LogP) is 3.94. The van der Waals surface area contributed by atoms with E-state index in [9.17, 15) is 30.8 Å². The van der Waals surface area contributed by atoms with Crippen molar-refractivity contribution in [1.29, 1.82) is 0 Å². The molecule has 4 rings (SSSR count). The zero-order chi connectivity index (χ0) is 30.2. The van der Waals surface area contributed by atoms with Gasteiger partial charge in [0.1, 0.15) is 5.82 Å². The summed E-state index contributed by atoms with van der Waals surface area (Å²) < 4.78 is 73.8. The average Bonchev–Trinajstić information content (AvgIpc) is 2.93. The number of rotatable bonds is 7. The Morgan fingerprint density at radius 2 is 1.59 bits per heavy atom. The van der Waals surface area contributed by atoms with Gasteiger partial charge in [-0.3, -0.25) is 9.52 Å². The van der Waals surface area contributed by atoms with Gasteiger partial charge < -0.3 is 20.2 Å². The molecule has 0 atom stereocenters. The molecule has 1 fully saturated rings. The van der Waals surface area contributed by atoms with Crippen molar-refractivity contribution in [2.45, 2.75) is 17.6 Å². The molecule has 41 heavy (non-hydrogen) atoms. The number of hydrogen-bond acceptors (Lipinski definition) is 6. The third-order valence-corrected chi connectivity index (χ3v) is 7.30. The second-order valence-electron chi connectivity index (χ2n) is 8.98. The minimum atomic E-state index is -5.08. The number of anilines is 2. The minimum Gasteiger partial charge on any atom is -0.475 e. The fourth-order valence-corrected chi connectivity index (χ4v) is 4.96. The van der Waals surface area contributed by atoms with Crippen LogP contribution in [-0.2, 0) is 21.4 Å². The largest absolute Gasteiger partial charge is 0.490 e. The van der Waals surface area contributed by atoms with Crippen LogP contribution in [0.3, 0.4) is 0 Å². The number of carboxylic acids is 1. The number of amides is 1. The quantitative estimate of drug-likeness (QED) is 0.354. The lowest BCUT2D eigenvalue weighted by Gasteiger charge is -2.31. The number of carboxylic acid groups (broad SMARTS) is 1. The van der Waals surface area contributed by atoms with Crippen LogP contribution < -0.4 is 14.9 Å². The number of piperazine rings is 1. The summed E-state index contributed by atoms with van der Waals surface area (Å²) in [7, 11) is -2.28. The molecule has 0 bridgehead atoms. The molecule has 1 saturated heterocycles. The Bertz CT molecular complexity index is 1450. The van der Waals surface area contributed by atoms with Gasteiger partial charge in [0, 0.05) is 45.3 Å². The number of nitrogens with one attached hydrogen (secondary N) is 2.